The number of fused-ring (bicyclic) bond motifs is 1. The number of aliphatic hydroxyl groups is 1. The van der Waals surface area contributed by atoms with Crippen LogP contribution in [0.1, 0.15) is 11.5 Å². The number of aliphatic hydroxyl groups excluding tert-OH is 1. The van der Waals surface area contributed by atoms with E-state index in [9.17, 15) is 0 Å². The van der Waals surface area contributed by atoms with E-state index in [0.717, 1.165) is 11.1 Å². The Morgan fingerprint density at radius 2 is 2.31 bits per heavy atom. The van der Waals surface area contributed by atoms with E-state index < -0.39 is 0 Å². The SMILES string of the molecule is NCc1nc2ccc(CO)cc2o1. The fourth-order valence-corrected chi connectivity index (χ4v) is 1.20. The van der Waals surface area contributed by atoms with Crippen molar-refractivity contribution in [3.8, 4) is 0 Å². The lowest BCUT2D eigenvalue weighted by atomic mass is 10.2. The van der Waals surface area contributed by atoms with Gasteiger partial charge < -0.3 is 15.3 Å². The summed E-state index contributed by atoms with van der Waals surface area (Å²) in [7, 11) is 0. The van der Waals surface area contributed by atoms with Crippen LogP contribution in [0, 0.1) is 0 Å². The lowest BCUT2D eigenvalue weighted by Gasteiger charge is -1.92. The van der Waals surface area contributed by atoms with Gasteiger partial charge in [0.15, 0.2) is 5.58 Å². The Balaban J connectivity index is 2.57. The topological polar surface area (TPSA) is 72.3 Å². The fraction of sp³-hybridized carbons (Fsp3) is 0.222. The van der Waals surface area contributed by atoms with E-state index in [-0.39, 0.29) is 6.61 Å². The quantitative estimate of drug-likeness (QED) is 0.712. The zero-order chi connectivity index (χ0) is 9.26. The molecule has 0 atom stereocenters. The van der Waals surface area contributed by atoms with Gasteiger partial charge in [-0.15, -0.1) is 0 Å². The monoisotopic (exact) mass is 178 g/mol. The number of aromatic nitrogens is 1. The second kappa shape index (κ2) is 3.16. The zero-order valence-corrected chi connectivity index (χ0v) is 7.03. The van der Waals surface area contributed by atoms with Gasteiger partial charge in [0.25, 0.3) is 0 Å². The number of hydrogen-bond donors (Lipinski definition) is 2. The Kier molecular flexibility index (Phi) is 2.00. The maximum absolute atomic E-state index is 8.87. The largest absolute Gasteiger partial charge is 0.439 e. The highest BCUT2D eigenvalue weighted by Gasteiger charge is 2.03. The van der Waals surface area contributed by atoms with E-state index >= 15 is 0 Å². The Morgan fingerprint density at radius 1 is 1.46 bits per heavy atom. The minimum Gasteiger partial charge on any atom is -0.439 e. The summed E-state index contributed by atoms with van der Waals surface area (Å²) in [6, 6.07) is 5.39. The molecule has 0 fully saturated rings. The molecule has 0 aliphatic carbocycles. The van der Waals surface area contributed by atoms with Crippen molar-refractivity contribution in [2.75, 3.05) is 0 Å². The highest BCUT2D eigenvalue weighted by atomic mass is 16.3. The Hall–Kier alpha value is -1.39. The maximum atomic E-state index is 8.87. The minimum absolute atomic E-state index is 0.00853. The predicted octanol–water partition coefficient (Wildman–Crippen LogP) is 0.779. The molecule has 0 amide bonds. The molecule has 0 radical (unpaired) electrons. The van der Waals surface area contributed by atoms with Gasteiger partial charge in [-0.3, -0.25) is 0 Å². The number of hydrogen-bond acceptors (Lipinski definition) is 4. The van der Waals surface area contributed by atoms with Gasteiger partial charge in [0, 0.05) is 0 Å². The second-order valence-electron chi connectivity index (χ2n) is 2.77. The van der Waals surface area contributed by atoms with Crippen LogP contribution in [0.4, 0.5) is 0 Å². The first-order valence-electron chi connectivity index (χ1n) is 4.03. The average Bonchev–Trinajstić information content (AvgIpc) is 2.58. The van der Waals surface area contributed by atoms with Gasteiger partial charge in [-0.25, -0.2) is 4.98 Å². The van der Waals surface area contributed by atoms with Crippen molar-refractivity contribution in [3.63, 3.8) is 0 Å². The van der Waals surface area contributed by atoms with Gasteiger partial charge in [0.1, 0.15) is 5.52 Å². The lowest BCUT2D eigenvalue weighted by molar-refractivity contribution is 0.282. The van der Waals surface area contributed by atoms with Crippen molar-refractivity contribution in [1.82, 2.24) is 4.98 Å². The molecule has 0 saturated carbocycles. The van der Waals surface area contributed by atoms with Gasteiger partial charge in [0.2, 0.25) is 5.89 Å². The molecular weight excluding hydrogens is 168 g/mol. The molecule has 13 heavy (non-hydrogen) atoms. The number of oxazole rings is 1. The first kappa shape index (κ1) is 8.22. The highest BCUT2D eigenvalue weighted by molar-refractivity contribution is 5.73. The predicted molar refractivity (Wildman–Crippen MR) is 47.8 cm³/mol. The summed E-state index contributed by atoms with van der Waals surface area (Å²) >= 11 is 0. The smallest absolute Gasteiger partial charge is 0.209 e. The number of nitrogens with two attached hydrogens (primary N) is 1. The van der Waals surface area contributed by atoms with Gasteiger partial charge in [0.05, 0.1) is 13.2 Å². The molecule has 0 saturated heterocycles. The van der Waals surface area contributed by atoms with E-state index in [4.69, 9.17) is 15.3 Å². The van der Waals surface area contributed by atoms with Crippen molar-refractivity contribution in [1.29, 1.82) is 0 Å². The van der Waals surface area contributed by atoms with Crippen LogP contribution in [0.15, 0.2) is 22.6 Å². The molecule has 3 N–H and O–H groups in total. The molecule has 1 heterocycles. The molecule has 0 aliphatic rings. The molecule has 0 spiro atoms. The van der Waals surface area contributed by atoms with E-state index in [1.807, 2.05) is 12.1 Å². The van der Waals surface area contributed by atoms with Gasteiger partial charge in [-0.2, -0.15) is 0 Å². The van der Waals surface area contributed by atoms with Crippen LogP contribution in [0.2, 0.25) is 0 Å². The summed E-state index contributed by atoms with van der Waals surface area (Å²) in [6.45, 7) is 0.303. The molecule has 1 aromatic carbocycles. The van der Waals surface area contributed by atoms with Crippen LogP contribution in [0.5, 0.6) is 0 Å². The Bertz CT molecular complexity index is 420. The van der Waals surface area contributed by atoms with Crippen molar-refractivity contribution in [3.05, 3.63) is 29.7 Å². The van der Waals surface area contributed by atoms with Crippen LogP contribution in [-0.2, 0) is 13.2 Å². The molecule has 0 aliphatic heterocycles. The van der Waals surface area contributed by atoms with Gasteiger partial charge in [-0.05, 0) is 17.7 Å². The summed E-state index contributed by atoms with van der Waals surface area (Å²) < 4.78 is 5.31. The lowest BCUT2D eigenvalue weighted by Crippen LogP contribution is -1.94. The highest BCUT2D eigenvalue weighted by Crippen LogP contribution is 2.16. The van der Waals surface area contributed by atoms with Gasteiger partial charge >= 0.3 is 0 Å². The summed E-state index contributed by atoms with van der Waals surface area (Å²) in [5, 5.41) is 8.87. The number of rotatable bonds is 2. The summed E-state index contributed by atoms with van der Waals surface area (Å²) in [4.78, 5) is 4.13. The van der Waals surface area contributed by atoms with Crippen LogP contribution in [0.3, 0.4) is 0 Å². The third kappa shape index (κ3) is 1.41. The molecule has 2 aromatic rings. The average molecular weight is 178 g/mol. The first-order valence-corrected chi connectivity index (χ1v) is 4.03. The van der Waals surface area contributed by atoms with Crippen molar-refractivity contribution >= 4 is 11.1 Å². The molecule has 4 nitrogen and oxygen atoms in total. The molecule has 0 bridgehead atoms. The van der Waals surface area contributed by atoms with Crippen LogP contribution in [-0.4, -0.2) is 10.1 Å². The number of benzene rings is 1. The minimum atomic E-state index is 0.00853. The molecule has 4 heteroatoms. The van der Waals surface area contributed by atoms with E-state index in [0.29, 0.717) is 18.0 Å². The third-order valence-electron chi connectivity index (χ3n) is 1.85. The summed E-state index contributed by atoms with van der Waals surface area (Å²) in [6.07, 6.45) is 0. The van der Waals surface area contributed by atoms with Crippen molar-refractivity contribution in [2.24, 2.45) is 5.73 Å². The van der Waals surface area contributed by atoms with E-state index in [1.54, 1.807) is 6.07 Å². The second-order valence-corrected chi connectivity index (χ2v) is 2.77. The van der Waals surface area contributed by atoms with Crippen LogP contribution >= 0.6 is 0 Å². The van der Waals surface area contributed by atoms with Gasteiger partial charge in [-0.1, -0.05) is 6.07 Å². The van der Waals surface area contributed by atoms with E-state index in [1.165, 1.54) is 0 Å². The molecular formula is C9H10N2O2. The number of nitrogens with zero attached hydrogens (tertiary/aromatic N) is 1. The van der Waals surface area contributed by atoms with E-state index in [2.05, 4.69) is 4.98 Å². The van der Waals surface area contributed by atoms with Crippen molar-refractivity contribution in [2.45, 2.75) is 13.2 Å². The Morgan fingerprint density at radius 3 is 3.00 bits per heavy atom. The Labute approximate surface area is 75.0 Å². The zero-order valence-electron chi connectivity index (χ0n) is 7.03. The molecule has 2 rings (SSSR count). The molecule has 1 aromatic heterocycles. The third-order valence-corrected chi connectivity index (χ3v) is 1.85. The molecule has 0 unspecified atom stereocenters. The maximum Gasteiger partial charge on any atom is 0.209 e. The fourth-order valence-electron chi connectivity index (χ4n) is 1.20. The molecule has 68 valence electrons. The van der Waals surface area contributed by atoms with Crippen LogP contribution < -0.4 is 5.73 Å². The van der Waals surface area contributed by atoms with Crippen molar-refractivity contribution < 1.29 is 9.52 Å². The summed E-state index contributed by atoms with van der Waals surface area (Å²) in [5.74, 6) is 0.519. The summed E-state index contributed by atoms with van der Waals surface area (Å²) in [5.41, 5.74) is 7.64. The normalized spacial score (nSPS) is 10.9. The standard InChI is InChI=1S/C9H10N2O2/c10-4-9-11-7-2-1-6(5-12)3-8(7)13-9/h1-3,12H,4-5,10H2. The van der Waals surface area contributed by atoms with Crippen LogP contribution in [0.25, 0.3) is 11.1 Å². The first-order chi connectivity index (χ1) is 6.33.